The fourth-order valence-electron chi connectivity index (χ4n) is 6.80. The van der Waals surface area contributed by atoms with Crippen LogP contribution >= 0.6 is 0 Å². The van der Waals surface area contributed by atoms with Crippen molar-refractivity contribution in [2.24, 2.45) is 5.92 Å². The predicted molar refractivity (Wildman–Crippen MR) is 146 cm³/mol. The first-order valence-electron chi connectivity index (χ1n) is 13.9. The first-order valence-corrected chi connectivity index (χ1v) is 17.2. The maximum atomic E-state index is 15.1. The van der Waals surface area contributed by atoms with Gasteiger partial charge in [0.1, 0.15) is 20.4 Å². The van der Waals surface area contributed by atoms with Crippen LogP contribution in [0.4, 0.5) is 40.8 Å². The normalized spacial score (nSPS) is 24.3. The molecule has 248 valence electrons. The molecule has 2 aromatic rings. The van der Waals surface area contributed by atoms with Crippen LogP contribution in [-0.4, -0.2) is 77.2 Å². The van der Waals surface area contributed by atoms with Gasteiger partial charge in [0, 0.05) is 36.8 Å². The van der Waals surface area contributed by atoms with E-state index < -0.39 is 76.6 Å². The molecule has 7 nitrogen and oxygen atoms in total. The third-order valence-corrected chi connectivity index (χ3v) is 13.4. The van der Waals surface area contributed by atoms with Crippen LogP contribution in [0, 0.1) is 11.7 Å². The summed E-state index contributed by atoms with van der Waals surface area (Å²) in [5, 5.41) is 0. The number of likely N-dealkylation sites (tertiary alicyclic amines) is 1. The number of amides is 1. The van der Waals surface area contributed by atoms with E-state index in [4.69, 9.17) is 0 Å². The van der Waals surface area contributed by atoms with Crippen molar-refractivity contribution >= 4 is 31.3 Å². The third kappa shape index (κ3) is 5.08. The monoisotopic (exact) mass is 688 g/mol. The van der Waals surface area contributed by atoms with Crippen LogP contribution in [0.5, 0.6) is 0 Å². The minimum atomic E-state index is -6.41. The summed E-state index contributed by atoms with van der Waals surface area (Å²) in [4.78, 5) is 16.0. The summed E-state index contributed by atoms with van der Waals surface area (Å²) in [5.74, 6) is -2.57. The van der Waals surface area contributed by atoms with E-state index in [1.165, 1.54) is 16.7 Å². The molecule has 1 amide bonds. The van der Waals surface area contributed by atoms with E-state index in [1.807, 2.05) is 0 Å². The van der Waals surface area contributed by atoms with Crippen molar-refractivity contribution in [3.63, 3.8) is 0 Å². The second kappa shape index (κ2) is 10.8. The molecule has 45 heavy (non-hydrogen) atoms. The minimum Gasteiger partial charge on any atom is -0.369 e. The third-order valence-electron chi connectivity index (χ3n) is 9.18. The Morgan fingerprint density at radius 1 is 0.956 bits per heavy atom. The van der Waals surface area contributed by atoms with Gasteiger partial charge in [-0.2, -0.15) is 26.3 Å². The quantitative estimate of drug-likeness (QED) is 0.323. The van der Waals surface area contributed by atoms with E-state index in [2.05, 4.69) is 0 Å². The van der Waals surface area contributed by atoms with Crippen LogP contribution < -0.4 is 4.90 Å². The van der Waals surface area contributed by atoms with Crippen LogP contribution in [0.25, 0.3) is 0 Å². The number of fused-ring (bicyclic) bond motifs is 3. The first-order chi connectivity index (χ1) is 20.7. The average Bonchev–Trinajstić information content (AvgIpc) is 3.36. The largest absolute Gasteiger partial charge is 0.435 e. The van der Waals surface area contributed by atoms with Gasteiger partial charge in [0.25, 0.3) is 0 Å². The highest BCUT2D eigenvalue weighted by Crippen LogP contribution is 2.57. The molecule has 0 spiro atoms. The summed E-state index contributed by atoms with van der Waals surface area (Å²) in [6, 6.07) is 3.79. The second-order valence-corrected chi connectivity index (χ2v) is 16.0. The molecule has 2 aromatic carbocycles. The van der Waals surface area contributed by atoms with Crippen molar-refractivity contribution in [1.29, 1.82) is 0 Å². The van der Waals surface area contributed by atoms with Crippen LogP contribution in [0.2, 0.25) is 0 Å². The number of hydrogen-bond donors (Lipinski definition) is 0. The Balaban J connectivity index is 1.71. The highest BCUT2D eigenvalue weighted by Gasteiger charge is 2.74. The smallest absolute Gasteiger partial charge is 0.369 e. The van der Waals surface area contributed by atoms with Crippen molar-refractivity contribution < 1.29 is 56.8 Å². The Kier molecular flexibility index (Phi) is 8.03. The standard InChI is InChI=1S/C28H28F8N2O5S2/c1-2-37-16-23-25(45(42,43)20-6-4-19(29)5-7-20,11-12-38(23)24(39)17-9-13-44(40,41)14-10-17)21-8-3-18(15-22(21)37)26(30,27(31,32)33)28(34,35)36/h3-8,15,17,23H,2,9-14,16H2,1H3. The van der Waals surface area contributed by atoms with E-state index in [0.29, 0.717) is 6.07 Å². The van der Waals surface area contributed by atoms with Gasteiger partial charge in [-0.05, 0) is 62.1 Å². The van der Waals surface area contributed by atoms with Crippen LogP contribution in [0.3, 0.4) is 0 Å². The number of sulfone groups is 2. The lowest BCUT2D eigenvalue weighted by Gasteiger charge is -2.48. The zero-order valence-corrected chi connectivity index (χ0v) is 25.3. The maximum Gasteiger partial charge on any atom is 0.435 e. The highest BCUT2D eigenvalue weighted by atomic mass is 32.2. The lowest BCUT2D eigenvalue weighted by molar-refractivity contribution is -0.348. The summed E-state index contributed by atoms with van der Waals surface area (Å²) >= 11 is 0. The van der Waals surface area contributed by atoms with Crippen LogP contribution in [-0.2, 0) is 34.9 Å². The maximum absolute atomic E-state index is 15.1. The number of hydrogen-bond acceptors (Lipinski definition) is 6. The fourth-order valence-corrected chi connectivity index (χ4v) is 10.6. The van der Waals surface area contributed by atoms with Crippen molar-refractivity contribution in [1.82, 2.24) is 4.90 Å². The van der Waals surface area contributed by atoms with Crippen molar-refractivity contribution in [2.75, 3.05) is 36.0 Å². The van der Waals surface area contributed by atoms with Gasteiger partial charge in [-0.3, -0.25) is 4.79 Å². The molecule has 17 heteroatoms. The van der Waals surface area contributed by atoms with Gasteiger partial charge in [-0.15, -0.1) is 0 Å². The molecule has 5 rings (SSSR count). The van der Waals surface area contributed by atoms with Gasteiger partial charge in [0.2, 0.25) is 5.91 Å². The molecule has 0 aliphatic carbocycles. The van der Waals surface area contributed by atoms with E-state index in [1.54, 1.807) is 0 Å². The zero-order valence-electron chi connectivity index (χ0n) is 23.6. The van der Waals surface area contributed by atoms with Crippen molar-refractivity contribution in [3.05, 3.63) is 59.4 Å². The van der Waals surface area contributed by atoms with Gasteiger partial charge in [0.05, 0.1) is 22.4 Å². The number of anilines is 1. The van der Waals surface area contributed by atoms with Gasteiger partial charge in [-0.1, -0.05) is 12.1 Å². The first kappa shape index (κ1) is 33.4. The summed E-state index contributed by atoms with van der Waals surface area (Å²) in [5.41, 5.74) is -8.18. The van der Waals surface area contributed by atoms with Crippen molar-refractivity contribution in [2.45, 2.75) is 59.9 Å². The molecule has 0 N–H and O–H groups in total. The van der Waals surface area contributed by atoms with Gasteiger partial charge >= 0.3 is 18.0 Å². The molecule has 3 aliphatic heterocycles. The molecule has 0 bridgehead atoms. The molecular weight excluding hydrogens is 660 g/mol. The number of carbonyl (C=O) groups excluding carboxylic acids is 1. The van der Waals surface area contributed by atoms with Crippen LogP contribution in [0.15, 0.2) is 47.4 Å². The van der Waals surface area contributed by atoms with Crippen molar-refractivity contribution in [3.8, 4) is 0 Å². The number of halogens is 8. The number of alkyl halides is 7. The lowest BCUT2D eigenvalue weighted by atomic mass is 9.82. The SMILES string of the molecule is CCN1CC2N(C(=O)C3CCS(=O)(=O)CC3)CCC2(S(=O)(=O)c2ccc(F)cc2)c2ccc(C(F)(C(F)(F)F)C(F)(F)F)cc21. The molecule has 2 unspecified atom stereocenters. The van der Waals surface area contributed by atoms with Crippen LogP contribution in [0.1, 0.15) is 37.3 Å². The van der Waals surface area contributed by atoms with Gasteiger partial charge in [-0.25, -0.2) is 25.6 Å². The van der Waals surface area contributed by atoms with Gasteiger partial charge in [0.15, 0.2) is 9.84 Å². The predicted octanol–water partition coefficient (Wildman–Crippen LogP) is 5.05. The Bertz CT molecular complexity index is 1680. The number of likely N-dealkylation sites (N-methyl/N-ethyl adjacent to an activating group) is 1. The molecule has 3 aliphatic rings. The average molecular weight is 689 g/mol. The second-order valence-electron chi connectivity index (χ2n) is 11.5. The Morgan fingerprint density at radius 3 is 2.07 bits per heavy atom. The molecule has 2 fully saturated rings. The number of carbonyl (C=O) groups is 1. The Labute approximate surface area is 254 Å². The molecule has 2 saturated heterocycles. The minimum absolute atomic E-state index is 0.00694. The molecule has 0 aromatic heterocycles. The lowest BCUT2D eigenvalue weighted by Crippen LogP contribution is -2.59. The topological polar surface area (TPSA) is 91.8 Å². The molecule has 3 heterocycles. The molecular formula is C28H28F8N2O5S2. The molecule has 0 radical (unpaired) electrons. The summed E-state index contributed by atoms with van der Waals surface area (Å²) in [6.45, 7) is 0.882. The summed E-state index contributed by atoms with van der Waals surface area (Å²) < 4.78 is 162. The number of rotatable bonds is 5. The molecule has 0 saturated carbocycles. The molecule has 2 atom stereocenters. The Hall–Kier alpha value is -2.95. The van der Waals surface area contributed by atoms with E-state index in [-0.39, 0.29) is 67.7 Å². The van der Waals surface area contributed by atoms with E-state index in [9.17, 15) is 52.4 Å². The number of nitrogens with zero attached hydrogens (tertiary/aromatic N) is 2. The fraction of sp³-hybridized carbons (Fsp3) is 0.536. The zero-order chi connectivity index (χ0) is 33.4. The van der Waals surface area contributed by atoms with Gasteiger partial charge < -0.3 is 9.80 Å². The Morgan fingerprint density at radius 2 is 1.53 bits per heavy atom. The summed E-state index contributed by atoms with van der Waals surface area (Å²) in [7, 11) is -8.02. The number of benzene rings is 2. The highest BCUT2D eigenvalue weighted by molar-refractivity contribution is 7.92. The van der Waals surface area contributed by atoms with E-state index >= 15 is 4.39 Å². The summed E-state index contributed by atoms with van der Waals surface area (Å²) in [6.07, 6.45) is -13.2. The van der Waals surface area contributed by atoms with E-state index in [0.717, 1.165) is 30.3 Å².